The maximum Gasteiger partial charge on any atom is 0.254 e. The largest absolute Gasteiger partial charge is 0.444 e. The molecule has 1 aromatic heterocycles. The molecule has 138 valence electrons. The standard InChI is InChI=1S/C22H23N3O2/c1-2-16-3-5-17(6-4-16)20-13-23-11-12-25(20)22(26)19-9-7-18(8-10-19)21-14-24-15-27-21/h3-10,14-15,20,23H,2,11-13H2,1H3. The maximum absolute atomic E-state index is 13.2. The smallest absolute Gasteiger partial charge is 0.254 e. The van der Waals surface area contributed by atoms with Gasteiger partial charge in [0.25, 0.3) is 5.91 Å². The summed E-state index contributed by atoms with van der Waals surface area (Å²) in [5.74, 6) is 0.759. The van der Waals surface area contributed by atoms with Crippen molar-refractivity contribution in [3.63, 3.8) is 0 Å². The number of amides is 1. The van der Waals surface area contributed by atoms with Crippen LogP contribution in [0.5, 0.6) is 0 Å². The quantitative estimate of drug-likeness (QED) is 0.770. The van der Waals surface area contributed by atoms with Crippen molar-refractivity contribution < 1.29 is 9.21 Å². The first-order valence-electron chi connectivity index (χ1n) is 9.35. The highest BCUT2D eigenvalue weighted by molar-refractivity contribution is 5.95. The lowest BCUT2D eigenvalue weighted by Crippen LogP contribution is -2.48. The second-order valence-corrected chi connectivity index (χ2v) is 6.76. The third-order valence-corrected chi connectivity index (χ3v) is 5.13. The van der Waals surface area contributed by atoms with E-state index >= 15 is 0 Å². The molecule has 1 aliphatic heterocycles. The van der Waals surface area contributed by atoms with Gasteiger partial charge in [-0.3, -0.25) is 4.79 Å². The topological polar surface area (TPSA) is 58.4 Å². The summed E-state index contributed by atoms with van der Waals surface area (Å²) < 4.78 is 5.32. The van der Waals surface area contributed by atoms with E-state index in [0.717, 1.165) is 25.1 Å². The zero-order chi connectivity index (χ0) is 18.6. The second kappa shape index (κ2) is 7.76. The summed E-state index contributed by atoms with van der Waals surface area (Å²) in [6.07, 6.45) is 4.09. The van der Waals surface area contributed by atoms with Crippen molar-refractivity contribution in [2.75, 3.05) is 19.6 Å². The fraction of sp³-hybridized carbons (Fsp3) is 0.273. The Kier molecular flexibility index (Phi) is 5.03. The summed E-state index contributed by atoms with van der Waals surface area (Å²) in [6.45, 7) is 4.43. The van der Waals surface area contributed by atoms with Crippen molar-refractivity contribution in [1.29, 1.82) is 0 Å². The second-order valence-electron chi connectivity index (χ2n) is 6.76. The Bertz CT molecular complexity index is 886. The van der Waals surface area contributed by atoms with Crippen LogP contribution in [-0.2, 0) is 6.42 Å². The molecule has 1 N–H and O–H groups in total. The molecule has 5 nitrogen and oxygen atoms in total. The van der Waals surface area contributed by atoms with Crippen molar-refractivity contribution >= 4 is 5.91 Å². The van der Waals surface area contributed by atoms with Gasteiger partial charge in [-0.25, -0.2) is 4.98 Å². The Balaban J connectivity index is 1.56. The third-order valence-electron chi connectivity index (χ3n) is 5.13. The molecule has 1 amide bonds. The van der Waals surface area contributed by atoms with Crippen LogP contribution < -0.4 is 5.32 Å². The Morgan fingerprint density at radius 2 is 1.96 bits per heavy atom. The molecular formula is C22H23N3O2. The van der Waals surface area contributed by atoms with Gasteiger partial charge in [-0.2, -0.15) is 0 Å². The summed E-state index contributed by atoms with van der Waals surface area (Å²) >= 11 is 0. The molecule has 1 saturated heterocycles. The Labute approximate surface area is 159 Å². The average Bonchev–Trinajstić information content (AvgIpc) is 3.28. The summed E-state index contributed by atoms with van der Waals surface area (Å²) in [6, 6.07) is 16.2. The molecule has 0 aliphatic carbocycles. The van der Waals surface area contributed by atoms with Crippen molar-refractivity contribution in [1.82, 2.24) is 15.2 Å². The van der Waals surface area contributed by atoms with Gasteiger partial charge in [-0.15, -0.1) is 0 Å². The number of aromatic nitrogens is 1. The first-order chi connectivity index (χ1) is 13.3. The van der Waals surface area contributed by atoms with E-state index in [-0.39, 0.29) is 11.9 Å². The highest BCUT2D eigenvalue weighted by Gasteiger charge is 2.28. The highest BCUT2D eigenvalue weighted by atomic mass is 16.3. The lowest BCUT2D eigenvalue weighted by molar-refractivity contribution is 0.0634. The predicted molar refractivity (Wildman–Crippen MR) is 104 cm³/mol. The fourth-order valence-electron chi connectivity index (χ4n) is 3.52. The van der Waals surface area contributed by atoms with E-state index in [1.54, 1.807) is 6.20 Å². The summed E-state index contributed by atoms with van der Waals surface area (Å²) in [5, 5.41) is 3.41. The number of hydrogen-bond acceptors (Lipinski definition) is 4. The first kappa shape index (κ1) is 17.5. The third kappa shape index (κ3) is 3.64. The zero-order valence-corrected chi connectivity index (χ0v) is 15.4. The average molecular weight is 361 g/mol. The number of carbonyl (C=O) groups excluding carboxylic acids is 1. The van der Waals surface area contributed by atoms with Crippen LogP contribution in [0.2, 0.25) is 0 Å². The van der Waals surface area contributed by atoms with Crippen LogP contribution in [0.25, 0.3) is 11.3 Å². The molecule has 1 atom stereocenters. The minimum Gasteiger partial charge on any atom is -0.444 e. The number of oxazole rings is 1. The van der Waals surface area contributed by atoms with Crippen LogP contribution in [0, 0.1) is 0 Å². The van der Waals surface area contributed by atoms with Gasteiger partial charge >= 0.3 is 0 Å². The lowest BCUT2D eigenvalue weighted by Gasteiger charge is -2.36. The van der Waals surface area contributed by atoms with Crippen LogP contribution in [0.4, 0.5) is 0 Å². The fourth-order valence-corrected chi connectivity index (χ4v) is 3.52. The van der Waals surface area contributed by atoms with Crippen LogP contribution in [-0.4, -0.2) is 35.4 Å². The van der Waals surface area contributed by atoms with Gasteiger partial charge < -0.3 is 14.6 Å². The molecule has 0 bridgehead atoms. The van der Waals surface area contributed by atoms with Crippen molar-refractivity contribution in [3.8, 4) is 11.3 Å². The molecule has 3 aromatic rings. The molecule has 0 radical (unpaired) electrons. The van der Waals surface area contributed by atoms with Crippen LogP contribution >= 0.6 is 0 Å². The number of carbonyl (C=O) groups is 1. The van der Waals surface area contributed by atoms with E-state index < -0.39 is 0 Å². The monoisotopic (exact) mass is 361 g/mol. The van der Waals surface area contributed by atoms with Crippen LogP contribution in [0.15, 0.2) is 65.5 Å². The molecule has 1 fully saturated rings. The summed E-state index contributed by atoms with van der Waals surface area (Å²) in [7, 11) is 0. The number of nitrogens with one attached hydrogen (secondary N) is 1. The van der Waals surface area contributed by atoms with Gasteiger partial charge in [0, 0.05) is 30.8 Å². The molecular weight excluding hydrogens is 338 g/mol. The lowest BCUT2D eigenvalue weighted by atomic mass is 9.99. The van der Waals surface area contributed by atoms with Gasteiger partial charge in [0.05, 0.1) is 12.2 Å². The molecule has 2 heterocycles. The van der Waals surface area contributed by atoms with E-state index in [9.17, 15) is 4.79 Å². The zero-order valence-electron chi connectivity index (χ0n) is 15.4. The molecule has 4 rings (SSSR count). The van der Waals surface area contributed by atoms with E-state index in [2.05, 4.69) is 41.5 Å². The minimum atomic E-state index is 0.0473. The van der Waals surface area contributed by atoms with Crippen molar-refractivity contribution in [2.45, 2.75) is 19.4 Å². The van der Waals surface area contributed by atoms with Gasteiger partial charge in [0.2, 0.25) is 0 Å². The number of nitrogens with zero attached hydrogens (tertiary/aromatic N) is 2. The molecule has 2 aromatic carbocycles. The van der Waals surface area contributed by atoms with Crippen molar-refractivity contribution in [2.24, 2.45) is 0 Å². The number of piperazine rings is 1. The Morgan fingerprint density at radius 1 is 1.19 bits per heavy atom. The van der Waals surface area contributed by atoms with Gasteiger partial charge in [-0.1, -0.05) is 43.3 Å². The number of aryl methyl sites for hydroxylation is 1. The van der Waals surface area contributed by atoms with Gasteiger partial charge in [0.1, 0.15) is 0 Å². The number of benzene rings is 2. The molecule has 1 unspecified atom stereocenters. The SMILES string of the molecule is CCc1ccc(C2CNCCN2C(=O)c2ccc(-c3cnco3)cc2)cc1. The van der Waals surface area contributed by atoms with Gasteiger partial charge in [-0.05, 0) is 29.7 Å². The molecule has 27 heavy (non-hydrogen) atoms. The van der Waals surface area contributed by atoms with Crippen molar-refractivity contribution in [3.05, 3.63) is 77.8 Å². The maximum atomic E-state index is 13.2. The molecule has 0 spiro atoms. The Hall–Kier alpha value is -2.92. The minimum absolute atomic E-state index is 0.0473. The van der Waals surface area contributed by atoms with E-state index in [1.807, 2.05) is 29.2 Å². The normalized spacial score (nSPS) is 17.1. The summed E-state index contributed by atoms with van der Waals surface area (Å²) in [4.78, 5) is 19.1. The van der Waals surface area contributed by atoms with E-state index in [1.165, 1.54) is 17.5 Å². The molecule has 5 heteroatoms. The van der Waals surface area contributed by atoms with E-state index in [0.29, 0.717) is 17.9 Å². The van der Waals surface area contributed by atoms with E-state index in [4.69, 9.17) is 4.42 Å². The highest BCUT2D eigenvalue weighted by Crippen LogP contribution is 2.26. The predicted octanol–water partition coefficient (Wildman–Crippen LogP) is 3.69. The first-order valence-corrected chi connectivity index (χ1v) is 9.35. The number of rotatable bonds is 4. The number of hydrogen-bond donors (Lipinski definition) is 1. The van der Waals surface area contributed by atoms with Gasteiger partial charge in [0.15, 0.2) is 12.2 Å². The summed E-state index contributed by atoms with van der Waals surface area (Å²) in [5.41, 5.74) is 4.08. The Morgan fingerprint density at radius 3 is 2.63 bits per heavy atom. The van der Waals surface area contributed by atoms with Crippen LogP contribution in [0.3, 0.4) is 0 Å². The van der Waals surface area contributed by atoms with Crippen LogP contribution in [0.1, 0.15) is 34.5 Å². The molecule has 1 aliphatic rings. The molecule has 0 saturated carbocycles.